The van der Waals surface area contributed by atoms with E-state index in [-0.39, 0.29) is 11.9 Å². The maximum atomic E-state index is 11.6. The molecule has 0 aliphatic carbocycles. The Morgan fingerprint density at radius 3 is 2.59 bits per heavy atom. The van der Waals surface area contributed by atoms with E-state index in [2.05, 4.69) is 5.32 Å². The summed E-state index contributed by atoms with van der Waals surface area (Å²) in [6.07, 6.45) is 0. The van der Waals surface area contributed by atoms with Crippen LogP contribution in [0.3, 0.4) is 0 Å². The number of anilines is 1. The first-order chi connectivity index (χ1) is 7.99. The molecule has 0 fully saturated rings. The first kappa shape index (κ1) is 13.4. The highest BCUT2D eigenvalue weighted by molar-refractivity contribution is 7.80. The van der Waals surface area contributed by atoms with Crippen LogP contribution in [0.2, 0.25) is 0 Å². The molecule has 92 valence electrons. The molecule has 0 spiro atoms. The van der Waals surface area contributed by atoms with Gasteiger partial charge in [-0.25, -0.2) is 0 Å². The largest absolute Gasteiger partial charge is 0.389 e. The van der Waals surface area contributed by atoms with Crippen LogP contribution < -0.4 is 16.0 Å². The third-order valence-electron chi connectivity index (χ3n) is 2.76. The number of carbonyl (C=O) groups excluding carboxylic acids is 1. The lowest BCUT2D eigenvalue weighted by atomic mass is 10.1. The minimum absolute atomic E-state index is 0.0507. The van der Waals surface area contributed by atoms with Gasteiger partial charge in [0.2, 0.25) is 5.91 Å². The van der Waals surface area contributed by atoms with E-state index in [0.717, 1.165) is 11.3 Å². The van der Waals surface area contributed by atoms with Crippen LogP contribution in [0.25, 0.3) is 0 Å². The van der Waals surface area contributed by atoms with Crippen LogP contribution in [-0.2, 0) is 4.79 Å². The van der Waals surface area contributed by atoms with Gasteiger partial charge in [-0.2, -0.15) is 0 Å². The summed E-state index contributed by atoms with van der Waals surface area (Å²) in [6.45, 7) is 1.83. The average molecular weight is 251 g/mol. The maximum Gasteiger partial charge on any atom is 0.242 e. The Morgan fingerprint density at radius 1 is 1.47 bits per heavy atom. The lowest BCUT2D eigenvalue weighted by Gasteiger charge is -2.27. The Morgan fingerprint density at radius 2 is 2.06 bits per heavy atom. The van der Waals surface area contributed by atoms with Crippen LogP contribution in [-0.4, -0.2) is 31.0 Å². The molecule has 1 amide bonds. The van der Waals surface area contributed by atoms with Gasteiger partial charge in [0, 0.05) is 25.3 Å². The molecule has 3 N–H and O–H groups in total. The van der Waals surface area contributed by atoms with Crippen LogP contribution in [0.15, 0.2) is 24.3 Å². The summed E-state index contributed by atoms with van der Waals surface area (Å²) in [5.74, 6) is -0.0507. The van der Waals surface area contributed by atoms with E-state index in [1.54, 1.807) is 7.05 Å². The number of benzene rings is 1. The number of likely N-dealkylation sites (N-methyl/N-ethyl adjacent to an activating group) is 2. The third kappa shape index (κ3) is 2.94. The first-order valence-corrected chi connectivity index (χ1v) is 5.73. The number of rotatable bonds is 4. The number of hydrogen-bond donors (Lipinski definition) is 2. The van der Waals surface area contributed by atoms with E-state index in [1.165, 1.54) is 0 Å². The fourth-order valence-corrected chi connectivity index (χ4v) is 1.76. The van der Waals surface area contributed by atoms with Gasteiger partial charge in [0.25, 0.3) is 0 Å². The third-order valence-corrected chi connectivity index (χ3v) is 2.98. The zero-order valence-corrected chi connectivity index (χ0v) is 11.0. The lowest BCUT2D eigenvalue weighted by molar-refractivity contribution is -0.121. The van der Waals surface area contributed by atoms with Crippen molar-refractivity contribution in [1.82, 2.24) is 5.32 Å². The molecule has 17 heavy (non-hydrogen) atoms. The zero-order valence-electron chi connectivity index (χ0n) is 10.2. The number of para-hydroxylation sites is 1. The Bertz CT molecular complexity index is 434. The molecule has 0 radical (unpaired) electrons. The summed E-state index contributed by atoms with van der Waals surface area (Å²) < 4.78 is 0. The Hall–Kier alpha value is -1.62. The topological polar surface area (TPSA) is 58.4 Å². The van der Waals surface area contributed by atoms with Crippen LogP contribution >= 0.6 is 12.2 Å². The summed E-state index contributed by atoms with van der Waals surface area (Å²) in [6, 6.07) is 7.23. The van der Waals surface area contributed by atoms with Crippen molar-refractivity contribution >= 4 is 28.8 Å². The molecular formula is C12H17N3OS. The molecule has 0 aromatic heterocycles. The van der Waals surface area contributed by atoms with Gasteiger partial charge < -0.3 is 16.0 Å². The first-order valence-electron chi connectivity index (χ1n) is 5.32. The van der Waals surface area contributed by atoms with Crippen molar-refractivity contribution in [1.29, 1.82) is 0 Å². The molecular weight excluding hydrogens is 234 g/mol. The van der Waals surface area contributed by atoms with Gasteiger partial charge in [-0.1, -0.05) is 24.4 Å². The SMILES string of the molecule is CNC(=O)C(C)N(C)c1ccccc1C(N)=S. The number of thiocarbonyl (C=S) groups is 1. The highest BCUT2D eigenvalue weighted by Crippen LogP contribution is 2.20. The summed E-state index contributed by atoms with van der Waals surface area (Å²) in [5, 5.41) is 2.62. The smallest absolute Gasteiger partial charge is 0.242 e. The highest BCUT2D eigenvalue weighted by Gasteiger charge is 2.19. The second kappa shape index (κ2) is 5.63. The normalized spacial score (nSPS) is 11.7. The Labute approximate surface area is 107 Å². The van der Waals surface area contributed by atoms with Crippen LogP contribution in [0.4, 0.5) is 5.69 Å². The molecule has 0 saturated carbocycles. The number of nitrogens with one attached hydrogen (secondary N) is 1. The second-order valence-electron chi connectivity index (χ2n) is 3.78. The van der Waals surface area contributed by atoms with E-state index >= 15 is 0 Å². The van der Waals surface area contributed by atoms with Crippen LogP contribution in [0.1, 0.15) is 12.5 Å². The van der Waals surface area contributed by atoms with Crippen molar-refractivity contribution in [2.24, 2.45) is 5.73 Å². The van der Waals surface area contributed by atoms with Gasteiger partial charge >= 0.3 is 0 Å². The van der Waals surface area contributed by atoms with Gasteiger partial charge in [0.1, 0.15) is 11.0 Å². The highest BCUT2D eigenvalue weighted by atomic mass is 32.1. The molecule has 1 atom stereocenters. The van der Waals surface area contributed by atoms with E-state index in [9.17, 15) is 4.79 Å². The minimum atomic E-state index is -0.282. The van der Waals surface area contributed by atoms with E-state index < -0.39 is 0 Å². The van der Waals surface area contributed by atoms with Crippen molar-refractivity contribution < 1.29 is 4.79 Å². The summed E-state index contributed by atoms with van der Waals surface area (Å²) in [7, 11) is 3.46. The predicted octanol–water partition coefficient (Wildman–Crippen LogP) is 0.891. The molecule has 5 heteroatoms. The molecule has 0 bridgehead atoms. The predicted molar refractivity (Wildman–Crippen MR) is 74.3 cm³/mol. The van der Waals surface area contributed by atoms with Gasteiger partial charge in [-0.05, 0) is 19.1 Å². The molecule has 1 aromatic carbocycles. The number of hydrogen-bond acceptors (Lipinski definition) is 3. The van der Waals surface area contributed by atoms with Gasteiger partial charge in [0.05, 0.1) is 0 Å². The molecule has 0 aliphatic heterocycles. The Kier molecular flexibility index (Phi) is 4.45. The van der Waals surface area contributed by atoms with Crippen molar-refractivity contribution in [3.8, 4) is 0 Å². The average Bonchev–Trinajstić information content (AvgIpc) is 2.35. The van der Waals surface area contributed by atoms with Gasteiger partial charge in [0.15, 0.2) is 0 Å². The number of nitrogens with two attached hydrogens (primary N) is 1. The Balaban J connectivity index is 3.07. The number of carbonyl (C=O) groups is 1. The summed E-state index contributed by atoms with van der Waals surface area (Å²) in [5.41, 5.74) is 7.30. The standard InChI is InChI=1S/C12H17N3OS/c1-8(12(16)14-2)15(3)10-7-5-4-6-9(10)11(13)17/h4-8H,1-3H3,(H2,13,17)(H,14,16). The minimum Gasteiger partial charge on any atom is -0.389 e. The molecule has 0 heterocycles. The number of nitrogens with zero attached hydrogens (tertiary/aromatic N) is 1. The fraction of sp³-hybridized carbons (Fsp3) is 0.333. The van der Waals surface area contributed by atoms with Crippen molar-refractivity contribution in [2.45, 2.75) is 13.0 Å². The quantitative estimate of drug-likeness (QED) is 0.780. The van der Waals surface area contributed by atoms with Crippen molar-refractivity contribution in [3.63, 3.8) is 0 Å². The van der Waals surface area contributed by atoms with Gasteiger partial charge in [-0.3, -0.25) is 4.79 Å². The maximum absolute atomic E-state index is 11.6. The zero-order chi connectivity index (χ0) is 13.0. The van der Waals surface area contributed by atoms with Crippen LogP contribution in [0, 0.1) is 0 Å². The molecule has 1 rings (SSSR count). The molecule has 0 saturated heterocycles. The summed E-state index contributed by atoms with van der Waals surface area (Å²) in [4.78, 5) is 13.8. The molecule has 4 nitrogen and oxygen atoms in total. The molecule has 1 unspecified atom stereocenters. The van der Waals surface area contributed by atoms with E-state index in [0.29, 0.717) is 4.99 Å². The second-order valence-corrected chi connectivity index (χ2v) is 4.22. The van der Waals surface area contributed by atoms with Crippen molar-refractivity contribution in [2.75, 3.05) is 19.0 Å². The van der Waals surface area contributed by atoms with E-state index in [1.807, 2.05) is 43.1 Å². The monoisotopic (exact) mass is 251 g/mol. The van der Waals surface area contributed by atoms with Crippen LogP contribution in [0.5, 0.6) is 0 Å². The van der Waals surface area contributed by atoms with Crippen molar-refractivity contribution in [3.05, 3.63) is 29.8 Å². The summed E-state index contributed by atoms with van der Waals surface area (Å²) >= 11 is 5.00. The fourth-order valence-electron chi connectivity index (χ4n) is 1.58. The number of amides is 1. The van der Waals surface area contributed by atoms with Gasteiger partial charge in [-0.15, -0.1) is 0 Å². The molecule has 1 aromatic rings. The molecule has 0 aliphatic rings. The van der Waals surface area contributed by atoms with E-state index in [4.69, 9.17) is 18.0 Å². The lowest BCUT2D eigenvalue weighted by Crippen LogP contribution is -2.42.